The van der Waals surface area contributed by atoms with Crippen LogP contribution in [0.2, 0.25) is 0 Å². The number of carbonyl (C=O) groups excluding carboxylic acids is 2. The Labute approximate surface area is 338 Å². The van der Waals surface area contributed by atoms with Crippen LogP contribution >= 0.6 is 0 Å². The number of esters is 2. The molecule has 1 saturated carbocycles. The first-order chi connectivity index (χ1) is 27.8. The third-order valence-electron chi connectivity index (χ3n) is 10.6. The van der Waals surface area contributed by atoms with Gasteiger partial charge in [0.1, 0.15) is 35.3 Å². The molecule has 6 rings (SSSR count). The average Bonchev–Trinajstić information content (AvgIpc) is 3.73. The zero-order valence-electron chi connectivity index (χ0n) is 34.0. The number of ether oxygens (including phenoxy) is 4. The minimum atomic E-state index is -1.07. The second-order valence-electron chi connectivity index (χ2n) is 15.7. The van der Waals surface area contributed by atoms with Crippen molar-refractivity contribution in [3.63, 3.8) is 0 Å². The maximum atomic E-state index is 14.1. The Morgan fingerprint density at radius 3 is 2.53 bits per heavy atom. The van der Waals surface area contributed by atoms with Gasteiger partial charge in [0, 0.05) is 23.2 Å². The van der Waals surface area contributed by atoms with Crippen LogP contribution in [0.25, 0.3) is 21.9 Å². The number of para-hydroxylation sites is 1. The molecule has 2 heterocycles. The predicted molar refractivity (Wildman–Crippen MR) is 220 cm³/mol. The summed E-state index contributed by atoms with van der Waals surface area (Å²) >= 11 is 0. The summed E-state index contributed by atoms with van der Waals surface area (Å²) in [6.45, 7) is 22.3. The van der Waals surface area contributed by atoms with Crippen molar-refractivity contribution >= 4 is 34.9 Å². The highest BCUT2D eigenvalue weighted by atomic mass is 16.6. The average molecular weight is 790 g/mol. The van der Waals surface area contributed by atoms with E-state index >= 15 is 0 Å². The van der Waals surface area contributed by atoms with E-state index in [1.807, 2.05) is 70.2 Å². The van der Waals surface area contributed by atoms with E-state index in [4.69, 9.17) is 30.5 Å². The van der Waals surface area contributed by atoms with E-state index in [9.17, 15) is 19.5 Å². The number of fused-ring (bicyclic) bond motifs is 1. The molecule has 4 atom stereocenters. The van der Waals surface area contributed by atoms with E-state index in [2.05, 4.69) is 36.0 Å². The van der Waals surface area contributed by atoms with Gasteiger partial charge >= 0.3 is 17.9 Å². The Morgan fingerprint density at radius 2 is 1.81 bits per heavy atom. The highest BCUT2D eigenvalue weighted by Gasteiger charge is 2.38. The van der Waals surface area contributed by atoms with Crippen molar-refractivity contribution in [1.29, 1.82) is 0 Å². The van der Waals surface area contributed by atoms with E-state index in [0.717, 1.165) is 41.6 Å². The van der Waals surface area contributed by atoms with E-state index in [1.165, 1.54) is 10.6 Å². The van der Waals surface area contributed by atoms with Gasteiger partial charge in [-0.25, -0.2) is 23.9 Å². The fourth-order valence-electron chi connectivity index (χ4n) is 7.74. The van der Waals surface area contributed by atoms with Gasteiger partial charge in [-0.3, -0.25) is 9.89 Å². The zero-order chi connectivity index (χ0) is 41.7. The van der Waals surface area contributed by atoms with Crippen LogP contribution in [0.4, 0.5) is 11.4 Å². The normalized spacial score (nSPS) is 17.8. The maximum absolute atomic E-state index is 14.1. The minimum Gasteiger partial charge on any atom is -0.488 e. The van der Waals surface area contributed by atoms with Gasteiger partial charge in [0.15, 0.2) is 18.2 Å². The van der Waals surface area contributed by atoms with Crippen molar-refractivity contribution in [1.82, 2.24) is 14.6 Å². The highest BCUT2D eigenvalue weighted by Crippen LogP contribution is 2.42. The first-order valence-electron chi connectivity index (χ1n) is 19.7. The lowest BCUT2D eigenvalue weighted by molar-refractivity contribution is -0.135. The molecular formula is C45H51N5O8. The number of carboxylic acid groups (broad SMARTS) is 1. The molecule has 3 aromatic carbocycles. The number of nitrogens with zero attached hydrogens (tertiary/aromatic N) is 3. The summed E-state index contributed by atoms with van der Waals surface area (Å²) in [6, 6.07) is 18.0. The number of anilines is 1. The number of rotatable bonds is 15. The summed E-state index contributed by atoms with van der Waals surface area (Å²) in [5.74, 6) is -0.325. The van der Waals surface area contributed by atoms with Crippen LogP contribution < -0.4 is 19.5 Å². The first-order valence-corrected chi connectivity index (χ1v) is 19.7. The Balaban J connectivity index is 1.25. The molecule has 5 aromatic rings. The van der Waals surface area contributed by atoms with Gasteiger partial charge < -0.3 is 29.4 Å². The lowest BCUT2D eigenvalue weighted by Gasteiger charge is -2.38. The molecular weight excluding hydrogens is 739 g/mol. The Morgan fingerprint density at radius 1 is 1.03 bits per heavy atom. The number of hydrogen-bond acceptors (Lipinski definition) is 9. The highest BCUT2D eigenvalue weighted by molar-refractivity contribution is 6.05. The van der Waals surface area contributed by atoms with Gasteiger partial charge in [-0.2, -0.15) is 0 Å². The zero-order valence-corrected chi connectivity index (χ0v) is 34.0. The number of carbonyl (C=O) groups is 3. The van der Waals surface area contributed by atoms with Crippen LogP contribution in [-0.2, 0) is 16.1 Å². The smallest absolute Gasteiger partial charge is 0.339 e. The molecule has 2 aromatic heterocycles. The third-order valence-corrected chi connectivity index (χ3v) is 10.6. The van der Waals surface area contributed by atoms with Crippen molar-refractivity contribution in [2.75, 3.05) is 12.0 Å². The van der Waals surface area contributed by atoms with Crippen LogP contribution in [0.15, 0.2) is 60.7 Å². The Kier molecular flexibility index (Phi) is 12.7. The minimum absolute atomic E-state index is 0.0113. The van der Waals surface area contributed by atoms with Crippen molar-refractivity contribution in [2.45, 2.75) is 86.9 Å². The molecule has 0 aliphatic heterocycles. The lowest BCUT2D eigenvalue weighted by atomic mass is 9.73. The fraction of sp³-hybridized carbons (Fsp3) is 0.400. The maximum Gasteiger partial charge on any atom is 0.339 e. The number of aryl methyl sites for hydroxylation is 2. The SMILES string of the molecule is [C-]#[N+]c1c(C(=O)OC2C(C)CC(C)CC2CC)c2nc(-c3ccc(C)c(NCOc4ccccc4COc4cc(C)ccc4C(=O)O)c3)[nH]n2c1OC(=O)CC(C)C. The number of carboxylic acids is 1. The summed E-state index contributed by atoms with van der Waals surface area (Å²) in [5, 5.41) is 16.1. The van der Waals surface area contributed by atoms with Gasteiger partial charge in [-0.15, -0.1) is 0 Å². The third kappa shape index (κ3) is 9.12. The number of aromatic nitrogens is 3. The molecule has 0 bridgehead atoms. The van der Waals surface area contributed by atoms with Crippen LogP contribution in [0, 0.1) is 44.1 Å². The van der Waals surface area contributed by atoms with Crippen LogP contribution in [0.5, 0.6) is 17.4 Å². The molecule has 0 spiro atoms. The molecule has 1 aliphatic rings. The number of benzene rings is 3. The van der Waals surface area contributed by atoms with Gasteiger partial charge in [-0.1, -0.05) is 71.0 Å². The molecule has 13 heteroatoms. The Bertz CT molecular complexity index is 2350. The summed E-state index contributed by atoms with van der Waals surface area (Å²) in [5.41, 5.74) is 3.96. The molecule has 1 fully saturated rings. The molecule has 0 radical (unpaired) electrons. The molecule has 13 nitrogen and oxygen atoms in total. The number of hydrogen-bond donors (Lipinski definition) is 3. The summed E-state index contributed by atoms with van der Waals surface area (Å²) in [7, 11) is 0. The van der Waals surface area contributed by atoms with Crippen molar-refractivity contribution in [3.8, 4) is 28.8 Å². The monoisotopic (exact) mass is 789 g/mol. The largest absolute Gasteiger partial charge is 0.488 e. The molecule has 4 unspecified atom stereocenters. The van der Waals surface area contributed by atoms with E-state index in [0.29, 0.717) is 23.1 Å². The molecule has 3 N–H and O–H groups in total. The van der Waals surface area contributed by atoms with E-state index in [-0.39, 0.29) is 77.7 Å². The van der Waals surface area contributed by atoms with Gasteiger partial charge in [0.2, 0.25) is 5.88 Å². The fourth-order valence-corrected chi connectivity index (χ4v) is 7.74. The van der Waals surface area contributed by atoms with Crippen molar-refractivity contribution < 1.29 is 38.4 Å². The quantitative estimate of drug-likeness (QED) is 0.0530. The molecule has 0 amide bonds. The standard InChI is InChI=1S/C45H51N5O8/c1-9-30-20-27(5)19-29(7)40(30)58-45(54)38-39(46-8)43(57-37(51)18-25(2)3)50-42(38)48-41(49-50)31-16-15-28(6)34(22-31)47-24-56-35-13-11-10-12-32(35)23-55-36-21-26(4)14-17-33(36)44(52)53/h10-17,21-22,25,27,29-30,40,47H,9,18-20,23-24H2,1-7H3,(H,48,49)(H,52,53). The van der Waals surface area contributed by atoms with Crippen LogP contribution in [-0.4, -0.2) is 50.4 Å². The van der Waals surface area contributed by atoms with Crippen LogP contribution in [0.1, 0.15) is 97.7 Å². The first kappa shape index (κ1) is 41.3. The summed E-state index contributed by atoms with van der Waals surface area (Å²) in [4.78, 5) is 47.3. The molecule has 0 saturated heterocycles. The number of nitrogens with one attached hydrogen (secondary N) is 2. The summed E-state index contributed by atoms with van der Waals surface area (Å²) in [6.07, 6.45) is 2.53. The number of aromatic amines is 1. The second kappa shape index (κ2) is 17.9. The number of H-pyrrole nitrogens is 1. The van der Waals surface area contributed by atoms with Crippen LogP contribution in [0.3, 0.4) is 0 Å². The van der Waals surface area contributed by atoms with Crippen molar-refractivity contribution in [3.05, 3.63) is 99.9 Å². The topological polar surface area (TPSA) is 158 Å². The van der Waals surface area contributed by atoms with E-state index in [1.54, 1.807) is 12.1 Å². The Hall–Kier alpha value is -6.29. The summed E-state index contributed by atoms with van der Waals surface area (Å²) < 4.78 is 25.5. The lowest BCUT2D eigenvalue weighted by Crippen LogP contribution is -2.38. The molecule has 58 heavy (non-hydrogen) atoms. The van der Waals surface area contributed by atoms with Gasteiger partial charge in [0.05, 0.1) is 6.57 Å². The van der Waals surface area contributed by atoms with Gasteiger partial charge in [0.25, 0.3) is 5.69 Å². The van der Waals surface area contributed by atoms with E-state index < -0.39 is 17.9 Å². The second-order valence-corrected chi connectivity index (χ2v) is 15.7. The molecule has 304 valence electrons. The molecule has 1 aliphatic carbocycles. The van der Waals surface area contributed by atoms with Crippen molar-refractivity contribution in [2.24, 2.45) is 23.7 Å². The number of aromatic carboxylic acids is 1. The predicted octanol–water partition coefficient (Wildman–Crippen LogP) is 9.79. The van der Waals surface area contributed by atoms with Gasteiger partial charge in [-0.05, 0) is 92.2 Å².